The summed E-state index contributed by atoms with van der Waals surface area (Å²) in [6, 6.07) is 18.9. The largest absolute Gasteiger partial charge is 0.506 e. The van der Waals surface area contributed by atoms with E-state index in [1.54, 1.807) is 0 Å². The first kappa shape index (κ1) is 39.7. The monoisotopic (exact) mass is 842 g/mol. The zero-order valence-corrected chi connectivity index (χ0v) is 32.1. The Balaban J connectivity index is 1.24. The molecule has 0 aliphatic carbocycles. The first-order valence-electron chi connectivity index (χ1n) is 15.8. The molecule has 56 heavy (non-hydrogen) atoms. The normalized spacial score (nSPS) is 12.4. The smallest absolute Gasteiger partial charge is 0.323 e. The fraction of sp³-hybridized carbons (Fsp3) is 0.0571. The highest BCUT2D eigenvalue weighted by Gasteiger charge is 2.24. The predicted molar refractivity (Wildman–Crippen MR) is 207 cm³/mol. The van der Waals surface area contributed by atoms with Crippen LogP contribution in [0.25, 0.3) is 21.5 Å². The van der Waals surface area contributed by atoms with Gasteiger partial charge in [-0.25, -0.2) is 21.6 Å². The summed E-state index contributed by atoms with van der Waals surface area (Å²) in [5.41, 5.74) is -0.366. The molecule has 0 heterocycles. The molecule has 0 saturated carbocycles. The zero-order chi connectivity index (χ0) is 41.0. The number of anilines is 4. The van der Waals surface area contributed by atoms with Gasteiger partial charge >= 0.3 is 6.03 Å². The van der Waals surface area contributed by atoms with Crippen LogP contribution in [0, 0.1) is 13.8 Å². The minimum absolute atomic E-state index is 0.0263. The Kier molecular flexibility index (Phi) is 10.1. The van der Waals surface area contributed by atoms with E-state index in [0.29, 0.717) is 10.8 Å². The number of sulfonamides is 2. The van der Waals surface area contributed by atoms with Crippen LogP contribution >= 0.6 is 0 Å². The molecule has 0 aliphatic rings. The van der Waals surface area contributed by atoms with E-state index in [2.05, 4.69) is 20.1 Å². The number of phenols is 2. The van der Waals surface area contributed by atoms with Crippen molar-refractivity contribution in [1.29, 1.82) is 0 Å². The van der Waals surface area contributed by atoms with Crippen molar-refractivity contribution in [3.8, 4) is 11.5 Å². The topological polar surface area (TPSA) is 283 Å². The summed E-state index contributed by atoms with van der Waals surface area (Å²) in [7, 11) is -18.4. The molecule has 0 radical (unpaired) electrons. The lowest BCUT2D eigenvalue weighted by atomic mass is 10.1. The van der Waals surface area contributed by atoms with Gasteiger partial charge in [-0.05, 0) is 96.4 Å². The predicted octanol–water partition coefficient (Wildman–Crippen LogP) is 5.76. The van der Waals surface area contributed by atoms with E-state index in [0.717, 1.165) is 36.4 Å². The van der Waals surface area contributed by atoms with Crippen molar-refractivity contribution in [1.82, 2.24) is 0 Å². The Labute approximate surface area is 320 Å². The standard InChI is InChI=1S/C35H30N4O13S4/c1-19-3-9-23(15-31(19)53(43,44)38-33-27-17-25(55(47,48)49)11-5-21(27)7-13-29(33)40)36-35(42)37-24-10-4-20(2)32(16-24)54(45,46)39-34-28-18-26(56(50,51)52)12-6-22(28)8-14-30(34)41/h3-18,38-41H,1-2H3,(H2,36,37,42)(H,47,48,49)(H,50,51,52). The van der Waals surface area contributed by atoms with E-state index >= 15 is 0 Å². The number of amides is 2. The number of aryl methyl sites for hydroxylation is 2. The van der Waals surface area contributed by atoms with Crippen molar-refractivity contribution in [3.63, 3.8) is 0 Å². The number of hydrogen-bond acceptors (Lipinski definition) is 11. The second-order valence-corrected chi connectivity index (χ2v) is 18.5. The number of phenolic OH excluding ortho intramolecular Hbond substituents is 2. The minimum Gasteiger partial charge on any atom is -0.506 e. The first-order chi connectivity index (χ1) is 26.0. The number of rotatable bonds is 10. The van der Waals surface area contributed by atoms with Crippen molar-refractivity contribution in [2.45, 2.75) is 33.4 Å². The molecule has 21 heteroatoms. The van der Waals surface area contributed by atoms with Gasteiger partial charge in [0.2, 0.25) is 0 Å². The average molecular weight is 843 g/mol. The summed E-state index contributed by atoms with van der Waals surface area (Å²) in [4.78, 5) is 11.3. The fourth-order valence-corrected chi connectivity index (χ4v) is 9.46. The van der Waals surface area contributed by atoms with Crippen LogP contribution < -0.4 is 20.1 Å². The van der Waals surface area contributed by atoms with Crippen molar-refractivity contribution in [2.75, 3.05) is 20.1 Å². The summed E-state index contributed by atoms with van der Waals surface area (Å²) in [5.74, 6) is -1.09. The van der Waals surface area contributed by atoms with Crippen LogP contribution in [0.4, 0.5) is 27.5 Å². The van der Waals surface area contributed by atoms with Gasteiger partial charge < -0.3 is 20.8 Å². The summed E-state index contributed by atoms with van der Waals surface area (Å²) in [6.45, 7) is 2.93. The van der Waals surface area contributed by atoms with E-state index in [-0.39, 0.29) is 54.4 Å². The van der Waals surface area contributed by atoms with Gasteiger partial charge in [-0.15, -0.1) is 0 Å². The van der Waals surface area contributed by atoms with Gasteiger partial charge in [0.05, 0.1) is 31.0 Å². The van der Waals surface area contributed by atoms with Crippen LogP contribution in [0.3, 0.4) is 0 Å². The van der Waals surface area contributed by atoms with Crippen LogP contribution in [0.15, 0.2) is 117 Å². The van der Waals surface area contributed by atoms with Gasteiger partial charge in [-0.2, -0.15) is 16.8 Å². The number of urea groups is 1. The molecule has 2 amide bonds. The van der Waals surface area contributed by atoms with Crippen LogP contribution in [-0.4, -0.2) is 59.0 Å². The second-order valence-electron chi connectivity index (χ2n) is 12.4. The molecule has 6 aromatic carbocycles. The third-order valence-electron chi connectivity index (χ3n) is 8.48. The number of hydrogen-bond donors (Lipinski definition) is 8. The van der Waals surface area contributed by atoms with Gasteiger partial charge in [-0.1, -0.05) is 36.4 Å². The Hall–Kier alpha value is -5.97. The molecule has 292 valence electrons. The lowest BCUT2D eigenvalue weighted by Gasteiger charge is -2.16. The number of aromatic hydroxyl groups is 2. The third-order valence-corrected chi connectivity index (χ3v) is 13.2. The fourth-order valence-electron chi connectivity index (χ4n) is 5.72. The number of carbonyl (C=O) groups excluding carboxylic acids is 1. The lowest BCUT2D eigenvalue weighted by Crippen LogP contribution is -2.21. The Morgan fingerprint density at radius 3 is 1.21 bits per heavy atom. The zero-order valence-electron chi connectivity index (χ0n) is 28.8. The maximum Gasteiger partial charge on any atom is 0.323 e. The van der Waals surface area contributed by atoms with Crippen LogP contribution in [0.5, 0.6) is 11.5 Å². The highest BCUT2D eigenvalue weighted by atomic mass is 32.2. The van der Waals surface area contributed by atoms with E-state index in [9.17, 15) is 57.8 Å². The first-order valence-corrected chi connectivity index (χ1v) is 21.7. The molecule has 0 atom stereocenters. The van der Waals surface area contributed by atoms with Crippen molar-refractivity contribution in [2.24, 2.45) is 0 Å². The molecule has 6 rings (SSSR count). The van der Waals surface area contributed by atoms with Gasteiger partial charge in [0, 0.05) is 22.1 Å². The SMILES string of the molecule is Cc1ccc(NC(=O)Nc2ccc(C)c(S(=O)(=O)Nc3c(O)ccc4ccc(S(=O)(=O)O)cc34)c2)cc1S(=O)(=O)Nc1c(O)ccc2ccc(S(=O)(=O)O)cc12. The maximum absolute atomic E-state index is 13.6. The lowest BCUT2D eigenvalue weighted by molar-refractivity contribution is 0.262. The van der Waals surface area contributed by atoms with Gasteiger partial charge in [0.25, 0.3) is 40.3 Å². The van der Waals surface area contributed by atoms with Gasteiger partial charge in [0.1, 0.15) is 11.5 Å². The minimum atomic E-state index is -4.68. The van der Waals surface area contributed by atoms with Gasteiger partial charge in [0.15, 0.2) is 0 Å². The van der Waals surface area contributed by atoms with Crippen LogP contribution in [-0.2, 0) is 40.3 Å². The van der Waals surface area contributed by atoms with E-state index in [1.165, 1.54) is 74.5 Å². The van der Waals surface area contributed by atoms with Crippen LogP contribution in [0.1, 0.15) is 11.1 Å². The highest BCUT2D eigenvalue weighted by Crippen LogP contribution is 2.38. The molecule has 0 saturated heterocycles. The molecule has 0 bridgehead atoms. The van der Waals surface area contributed by atoms with Crippen molar-refractivity contribution >= 4 is 90.6 Å². The number of nitrogens with one attached hydrogen (secondary N) is 4. The van der Waals surface area contributed by atoms with E-state index in [1.807, 2.05) is 0 Å². The molecule has 6 aromatic rings. The van der Waals surface area contributed by atoms with Crippen LogP contribution in [0.2, 0.25) is 0 Å². The van der Waals surface area contributed by atoms with Crippen molar-refractivity contribution < 1.29 is 57.8 Å². The molecule has 0 aliphatic heterocycles. The van der Waals surface area contributed by atoms with E-state index in [4.69, 9.17) is 0 Å². The van der Waals surface area contributed by atoms with Crippen molar-refractivity contribution in [3.05, 3.63) is 108 Å². The average Bonchev–Trinajstić information content (AvgIpc) is 3.11. The summed E-state index contributed by atoms with van der Waals surface area (Å²) in [6.07, 6.45) is 0. The summed E-state index contributed by atoms with van der Waals surface area (Å²) < 4.78 is 125. The summed E-state index contributed by atoms with van der Waals surface area (Å²) in [5, 5.41) is 26.6. The molecular formula is C35H30N4O13S4. The molecule has 0 unspecified atom stereocenters. The summed E-state index contributed by atoms with van der Waals surface area (Å²) >= 11 is 0. The maximum atomic E-state index is 13.6. The van der Waals surface area contributed by atoms with Gasteiger partial charge in [-0.3, -0.25) is 18.5 Å². The molecule has 0 spiro atoms. The highest BCUT2D eigenvalue weighted by molar-refractivity contribution is 7.93. The number of fused-ring (bicyclic) bond motifs is 2. The molecule has 17 nitrogen and oxygen atoms in total. The Morgan fingerprint density at radius 2 is 0.857 bits per heavy atom. The molecule has 0 aromatic heterocycles. The second kappa shape index (κ2) is 14.3. The number of carbonyl (C=O) groups is 1. The molecular weight excluding hydrogens is 813 g/mol. The Bertz CT molecular complexity index is 2880. The van der Waals surface area contributed by atoms with E-state index < -0.39 is 67.6 Å². The quantitative estimate of drug-likeness (QED) is 0.0602. The Morgan fingerprint density at radius 1 is 0.500 bits per heavy atom. The number of benzene rings is 6. The molecule has 8 N–H and O–H groups in total. The third kappa shape index (κ3) is 8.17. The molecule has 0 fully saturated rings.